The van der Waals surface area contributed by atoms with Crippen LogP contribution in [-0.4, -0.2) is 36.5 Å². The van der Waals surface area contributed by atoms with Crippen molar-refractivity contribution < 1.29 is 19.1 Å². The minimum absolute atomic E-state index is 0.0973. The van der Waals surface area contributed by atoms with Crippen LogP contribution in [0.2, 0.25) is 0 Å². The molecule has 2 aromatic carbocycles. The molecular formula is C21H25NO4. The average molecular weight is 355 g/mol. The van der Waals surface area contributed by atoms with Gasteiger partial charge in [-0.15, -0.1) is 0 Å². The van der Waals surface area contributed by atoms with E-state index in [0.717, 1.165) is 17.5 Å². The van der Waals surface area contributed by atoms with Crippen molar-refractivity contribution in [3.8, 4) is 5.75 Å². The van der Waals surface area contributed by atoms with Crippen molar-refractivity contribution >= 4 is 11.9 Å². The molecule has 0 unspecified atom stereocenters. The molecule has 0 aliphatic rings. The zero-order valence-electron chi connectivity index (χ0n) is 15.3. The Labute approximate surface area is 154 Å². The van der Waals surface area contributed by atoms with Crippen LogP contribution in [0.3, 0.4) is 0 Å². The van der Waals surface area contributed by atoms with E-state index in [1.807, 2.05) is 54.6 Å². The van der Waals surface area contributed by atoms with Crippen LogP contribution in [0.5, 0.6) is 5.75 Å². The van der Waals surface area contributed by atoms with Crippen molar-refractivity contribution in [2.24, 2.45) is 0 Å². The zero-order valence-corrected chi connectivity index (χ0v) is 15.3. The lowest BCUT2D eigenvalue weighted by Crippen LogP contribution is -2.38. The van der Waals surface area contributed by atoms with E-state index in [2.05, 4.69) is 6.92 Å². The van der Waals surface area contributed by atoms with Gasteiger partial charge in [-0.3, -0.25) is 9.59 Å². The van der Waals surface area contributed by atoms with Crippen LogP contribution in [0.15, 0.2) is 54.6 Å². The smallest absolute Gasteiger partial charge is 0.325 e. The Morgan fingerprint density at radius 3 is 2.38 bits per heavy atom. The lowest BCUT2D eigenvalue weighted by Gasteiger charge is -2.22. The highest BCUT2D eigenvalue weighted by Gasteiger charge is 2.19. The number of carbonyl (C=O) groups excluding carboxylic acids is 2. The topological polar surface area (TPSA) is 55.8 Å². The fourth-order valence-electron chi connectivity index (χ4n) is 2.49. The van der Waals surface area contributed by atoms with Gasteiger partial charge in [-0.05, 0) is 36.6 Å². The number of carbonyl (C=O) groups is 2. The van der Waals surface area contributed by atoms with Crippen LogP contribution < -0.4 is 4.74 Å². The molecule has 0 aromatic heterocycles. The maximum atomic E-state index is 12.6. The predicted octanol–water partition coefficient (Wildman–Crippen LogP) is 3.22. The first-order valence-electron chi connectivity index (χ1n) is 8.81. The van der Waals surface area contributed by atoms with E-state index >= 15 is 0 Å². The normalized spacial score (nSPS) is 10.2. The van der Waals surface area contributed by atoms with Gasteiger partial charge in [-0.1, -0.05) is 49.4 Å². The van der Waals surface area contributed by atoms with Gasteiger partial charge in [0, 0.05) is 6.54 Å². The number of benzene rings is 2. The second-order valence-corrected chi connectivity index (χ2v) is 5.83. The Balaban J connectivity index is 2.02. The van der Waals surface area contributed by atoms with Crippen molar-refractivity contribution in [2.45, 2.75) is 26.8 Å². The van der Waals surface area contributed by atoms with Crippen LogP contribution in [0.1, 0.15) is 25.0 Å². The van der Waals surface area contributed by atoms with Crippen molar-refractivity contribution in [1.82, 2.24) is 4.90 Å². The third-order valence-electron chi connectivity index (χ3n) is 3.86. The maximum absolute atomic E-state index is 12.6. The van der Waals surface area contributed by atoms with E-state index in [4.69, 9.17) is 9.47 Å². The summed E-state index contributed by atoms with van der Waals surface area (Å²) in [6, 6.07) is 17.2. The quantitative estimate of drug-likeness (QED) is 0.648. The van der Waals surface area contributed by atoms with E-state index in [0.29, 0.717) is 12.3 Å². The predicted molar refractivity (Wildman–Crippen MR) is 99.8 cm³/mol. The third kappa shape index (κ3) is 6.24. The monoisotopic (exact) mass is 355 g/mol. The summed E-state index contributed by atoms with van der Waals surface area (Å²) in [5.41, 5.74) is 2.08. The molecular weight excluding hydrogens is 330 g/mol. The molecule has 0 aliphatic heterocycles. The number of aryl methyl sites for hydroxylation is 1. The Morgan fingerprint density at radius 1 is 0.962 bits per heavy atom. The van der Waals surface area contributed by atoms with E-state index in [9.17, 15) is 9.59 Å². The van der Waals surface area contributed by atoms with Crippen molar-refractivity contribution in [3.63, 3.8) is 0 Å². The summed E-state index contributed by atoms with van der Waals surface area (Å²) >= 11 is 0. The number of hydrogen-bond donors (Lipinski definition) is 0. The second kappa shape index (κ2) is 10.2. The molecule has 0 bridgehead atoms. The van der Waals surface area contributed by atoms with E-state index < -0.39 is 5.97 Å². The zero-order chi connectivity index (χ0) is 18.8. The van der Waals surface area contributed by atoms with Crippen LogP contribution in [0.25, 0.3) is 0 Å². The molecule has 5 nitrogen and oxygen atoms in total. The highest BCUT2D eigenvalue weighted by atomic mass is 16.5. The summed E-state index contributed by atoms with van der Waals surface area (Å²) in [6.45, 7) is 4.19. The van der Waals surface area contributed by atoms with Crippen LogP contribution in [0.4, 0.5) is 0 Å². The Bertz CT molecular complexity index is 715. The molecule has 5 heteroatoms. The van der Waals surface area contributed by atoms with Crippen LogP contribution in [-0.2, 0) is 27.3 Å². The third-order valence-corrected chi connectivity index (χ3v) is 3.86. The molecule has 2 rings (SSSR count). The standard InChI is InChI=1S/C21H25NO4/c1-3-17-11-8-12-19(13-17)26-16-20(23)22(15-21(24)25-4-2)14-18-9-6-5-7-10-18/h5-13H,3-4,14-16H2,1-2H3. The highest BCUT2D eigenvalue weighted by Crippen LogP contribution is 2.14. The molecule has 0 spiro atoms. The van der Waals surface area contributed by atoms with E-state index in [-0.39, 0.29) is 25.7 Å². The summed E-state index contributed by atoms with van der Waals surface area (Å²) in [7, 11) is 0. The lowest BCUT2D eigenvalue weighted by molar-refractivity contribution is -0.149. The molecule has 138 valence electrons. The Kier molecular flexibility index (Phi) is 7.68. The molecule has 0 aliphatic carbocycles. The number of ether oxygens (including phenoxy) is 2. The number of amides is 1. The van der Waals surface area contributed by atoms with Gasteiger partial charge in [-0.2, -0.15) is 0 Å². The van der Waals surface area contributed by atoms with E-state index in [1.54, 1.807) is 6.92 Å². The minimum atomic E-state index is -0.426. The summed E-state index contributed by atoms with van der Waals surface area (Å²) in [5, 5.41) is 0. The molecule has 1 amide bonds. The van der Waals surface area contributed by atoms with Crippen LogP contribution >= 0.6 is 0 Å². The molecule has 0 heterocycles. The number of hydrogen-bond acceptors (Lipinski definition) is 4. The first kappa shape index (κ1) is 19.5. The molecule has 0 fully saturated rings. The Hall–Kier alpha value is -2.82. The number of rotatable bonds is 9. The molecule has 0 atom stereocenters. The van der Waals surface area contributed by atoms with Gasteiger partial charge in [0.05, 0.1) is 6.61 Å². The summed E-state index contributed by atoms with van der Waals surface area (Å²) in [4.78, 5) is 25.9. The van der Waals surface area contributed by atoms with Gasteiger partial charge in [0.25, 0.3) is 5.91 Å². The van der Waals surface area contributed by atoms with Gasteiger partial charge >= 0.3 is 5.97 Å². The van der Waals surface area contributed by atoms with Gasteiger partial charge < -0.3 is 14.4 Å². The van der Waals surface area contributed by atoms with Crippen LogP contribution in [0, 0.1) is 0 Å². The van der Waals surface area contributed by atoms with Crippen molar-refractivity contribution in [2.75, 3.05) is 19.8 Å². The molecule has 0 radical (unpaired) electrons. The molecule has 2 aromatic rings. The summed E-state index contributed by atoms with van der Waals surface area (Å²) in [6.07, 6.45) is 0.897. The minimum Gasteiger partial charge on any atom is -0.484 e. The highest BCUT2D eigenvalue weighted by molar-refractivity contribution is 5.83. The molecule has 0 saturated carbocycles. The SMILES string of the molecule is CCOC(=O)CN(Cc1ccccc1)C(=O)COc1cccc(CC)c1. The van der Waals surface area contributed by atoms with Gasteiger partial charge in [-0.25, -0.2) is 0 Å². The molecule has 0 N–H and O–H groups in total. The summed E-state index contributed by atoms with van der Waals surface area (Å²) < 4.78 is 10.6. The molecule has 0 saturated heterocycles. The summed E-state index contributed by atoms with van der Waals surface area (Å²) in [5.74, 6) is -0.0398. The fraction of sp³-hybridized carbons (Fsp3) is 0.333. The Morgan fingerprint density at radius 2 is 1.69 bits per heavy atom. The number of nitrogens with zero attached hydrogens (tertiary/aromatic N) is 1. The average Bonchev–Trinajstić information content (AvgIpc) is 2.66. The van der Waals surface area contributed by atoms with Gasteiger partial charge in [0.15, 0.2) is 6.61 Å². The van der Waals surface area contributed by atoms with Gasteiger partial charge in [0.1, 0.15) is 12.3 Å². The largest absolute Gasteiger partial charge is 0.484 e. The second-order valence-electron chi connectivity index (χ2n) is 5.83. The maximum Gasteiger partial charge on any atom is 0.325 e. The van der Waals surface area contributed by atoms with Crippen molar-refractivity contribution in [3.05, 3.63) is 65.7 Å². The molecule has 26 heavy (non-hydrogen) atoms. The fourth-order valence-corrected chi connectivity index (χ4v) is 2.49. The van der Waals surface area contributed by atoms with Crippen molar-refractivity contribution in [1.29, 1.82) is 0 Å². The first-order valence-corrected chi connectivity index (χ1v) is 8.81. The first-order chi connectivity index (χ1) is 12.6. The van der Waals surface area contributed by atoms with E-state index in [1.165, 1.54) is 4.90 Å². The van der Waals surface area contributed by atoms with Gasteiger partial charge in [0.2, 0.25) is 0 Å². The lowest BCUT2D eigenvalue weighted by atomic mass is 10.2. The number of esters is 1.